The third-order valence-corrected chi connectivity index (χ3v) is 4.94. The molecule has 0 radical (unpaired) electrons. The number of carboxylic acids is 1. The fraction of sp³-hybridized carbons (Fsp3) is 0.222. The summed E-state index contributed by atoms with van der Waals surface area (Å²) in [4.78, 5) is 27.1. The Morgan fingerprint density at radius 3 is 1.88 bits per heavy atom. The SMILES string of the molecule is O=C(O)CSc1c([N+](=O)[O-])cc(S(=O)(=O)C(F)(F)F)cc1[N+](=O)[O-]. The van der Waals surface area contributed by atoms with E-state index in [0.717, 1.165) is 0 Å². The van der Waals surface area contributed by atoms with Gasteiger partial charge in [0, 0.05) is 12.1 Å². The zero-order valence-electron chi connectivity index (χ0n) is 11.0. The van der Waals surface area contributed by atoms with Gasteiger partial charge in [0.05, 0.1) is 20.5 Å². The van der Waals surface area contributed by atoms with Gasteiger partial charge in [0.25, 0.3) is 21.2 Å². The Kier molecular flexibility index (Phi) is 5.40. The van der Waals surface area contributed by atoms with Crippen LogP contribution in [0.1, 0.15) is 0 Å². The van der Waals surface area contributed by atoms with Gasteiger partial charge in [-0.2, -0.15) is 13.2 Å². The number of nitro groups is 2. The Morgan fingerprint density at radius 2 is 1.58 bits per heavy atom. The number of hydrogen-bond donors (Lipinski definition) is 1. The zero-order valence-corrected chi connectivity index (χ0v) is 12.6. The molecule has 132 valence electrons. The monoisotopic (exact) mass is 390 g/mol. The molecule has 1 N–H and O–H groups in total. The highest BCUT2D eigenvalue weighted by Crippen LogP contribution is 2.42. The Morgan fingerprint density at radius 1 is 1.17 bits per heavy atom. The predicted molar refractivity (Wildman–Crippen MR) is 71.4 cm³/mol. The summed E-state index contributed by atoms with van der Waals surface area (Å²) in [5.41, 5.74) is -8.47. The third kappa shape index (κ3) is 3.91. The molecular weight excluding hydrogens is 385 g/mol. The molecule has 0 aromatic heterocycles. The van der Waals surface area contributed by atoms with Crippen molar-refractivity contribution in [2.75, 3.05) is 5.75 Å². The third-order valence-electron chi connectivity index (χ3n) is 2.37. The molecule has 0 spiro atoms. The molecule has 0 unspecified atom stereocenters. The lowest BCUT2D eigenvalue weighted by atomic mass is 10.3. The van der Waals surface area contributed by atoms with Crippen molar-refractivity contribution in [3.63, 3.8) is 0 Å². The van der Waals surface area contributed by atoms with Gasteiger partial charge in [-0.1, -0.05) is 0 Å². The lowest BCUT2D eigenvalue weighted by molar-refractivity contribution is -0.400. The molecule has 0 atom stereocenters. The number of carbonyl (C=O) groups is 1. The topological polar surface area (TPSA) is 158 Å². The maximum Gasteiger partial charge on any atom is 0.501 e. The average molecular weight is 390 g/mol. The molecule has 0 aliphatic heterocycles. The zero-order chi connectivity index (χ0) is 18.9. The number of carboxylic acid groups (broad SMARTS) is 1. The van der Waals surface area contributed by atoms with Gasteiger partial charge in [0.2, 0.25) is 0 Å². The van der Waals surface area contributed by atoms with Crippen LogP contribution in [0.15, 0.2) is 21.9 Å². The molecule has 1 rings (SSSR count). The second-order valence-electron chi connectivity index (χ2n) is 3.94. The van der Waals surface area contributed by atoms with Crippen LogP contribution in [-0.4, -0.2) is 40.6 Å². The van der Waals surface area contributed by atoms with Crippen LogP contribution in [0, 0.1) is 20.2 Å². The molecule has 0 amide bonds. The summed E-state index contributed by atoms with van der Waals surface area (Å²) in [6.07, 6.45) is 0. The minimum atomic E-state index is -6.07. The Hall–Kier alpha value is -2.42. The van der Waals surface area contributed by atoms with Crippen molar-refractivity contribution in [2.24, 2.45) is 0 Å². The molecule has 0 aliphatic rings. The van der Waals surface area contributed by atoms with E-state index in [0.29, 0.717) is 0 Å². The molecule has 15 heteroatoms. The van der Waals surface area contributed by atoms with Crippen molar-refractivity contribution < 1.29 is 41.3 Å². The van der Waals surface area contributed by atoms with Gasteiger partial charge in [-0.15, -0.1) is 11.8 Å². The maximum absolute atomic E-state index is 12.5. The van der Waals surface area contributed by atoms with Gasteiger partial charge < -0.3 is 5.11 Å². The van der Waals surface area contributed by atoms with Crippen LogP contribution in [-0.2, 0) is 14.6 Å². The fourth-order valence-corrected chi connectivity index (χ4v) is 3.05. The van der Waals surface area contributed by atoms with Crippen LogP contribution >= 0.6 is 11.8 Å². The average Bonchev–Trinajstić information content (AvgIpc) is 2.42. The van der Waals surface area contributed by atoms with E-state index in [9.17, 15) is 46.6 Å². The first-order valence-corrected chi connectivity index (χ1v) is 7.88. The first kappa shape index (κ1) is 19.6. The van der Waals surface area contributed by atoms with Crippen LogP contribution in [0.2, 0.25) is 0 Å². The normalized spacial score (nSPS) is 12.0. The Labute approximate surface area is 134 Å². The summed E-state index contributed by atoms with van der Waals surface area (Å²) >= 11 is 0.106. The van der Waals surface area contributed by atoms with Gasteiger partial charge in [-0.3, -0.25) is 25.0 Å². The molecule has 0 bridgehead atoms. The summed E-state index contributed by atoms with van der Waals surface area (Å²) in [6.45, 7) is 0. The van der Waals surface area contributed by atoms with E-state index in [1.54, 1.807) is 0 Å². The highest BCUT2D eigenvalue weighted by atomic mass is 32.2. The molecule has 0 heterocycles. The van der Waals surface area contributed by atoms with E-state index in [1.165, 1.54) is 0 Å². The maximum atomic E-state index is 12.5. The lowest BCUT2D eigenvalue weighted by Crippen LogP contribution is -2.23. The number of nitro benzene ring substituents is 2. The summed E-state index contributed by atoms with van der Waals surface area (Å²) in [5.74, 6) is -2.37. The summed E-state index contributed by atoms with van der Waals surface area (Å²) in [6, 6.07) is 0.0000142. The molecule has 1 aromatic carbocycles. The van der Waals surface area contributed by atoms with Crippen LogP contribution < -0.4 is 0 Å². The predicted octanol–water partition coefficient (Wildman–Crippen LogP) is 1.97. The first-order valence-electron chi connectivity index (χ1n) is 5.41. The van der Waals surface area contributed by atoms with E-state index in [4.69, 9.17) is 5.11 Å². The Balaban J connectivity index is 3.74. The summed E-state index contributed by atoms with van der Waals surface area (Å²) in [7, 11) is -6.07. The molecule has 0 fully saturated rings. The number of aliphatic carboxylic acids is 1. The largest absolute Gasteiger partial charge is 0.501 e. The molecule has 0 aliphatic carbocycles. The number of thioether (sulfide) groups is 1. The van der Waals surface area contributed by atoms with Crippen molar-refractivity contribution in [3.05, 3.63) is 32.4 Å². The van der Waals surface area contributed by atoms with Crippen LogP contribution in [0.3, 0.4) is 0 Å². The van der Waals surface area contributed by atoms with E-state index >= 15 is 0 Å². The first-order chi connectivity index (χ1) is 10.8. The molecule has 0 saturated carbocycles. The quantitative estimate of drug-likeness (QED) is 0.435. The standard InChI is InChI=1S/C9H5F3N2O8S2/c10-9(11,12)24(21,22)4-1-5(13(17)18)8(23-3-7(15)16)6(2-4)14(19)20/h1-2H,3H2,(H,15,16). The number of sulfone groups is 1. The highest BCUT2D eigenvalue weighted by molar-refractivity contribution is 8.00. The number of halogens is 3. The number of nitrogens with zero attached hydrogens (tertiary/aromatic N) is 2. The van der Waals surface area contributed by atoms with Crippen molar-refractivity contribution in [2.45, 2.75) is 15.3 Å². The number of benzene rings is 1. The highest BCUT2D eigenvalue weighted by Gasteiger charge is 2.48. The second-order valence-corrected chi connectivity index (χ2v) is 6.86. The van der Waals surface area contributed by atoms with Crippen molar-refractivity contribution in [1.29, 1.82) is 0 Å². The molecule has 24 heavy (non-hydrogen) atoms. The van der Waals surface area contributed by atoms with Crippen molar-refractivity contribution in [1.82, 2.24) is 0 Å². The lowest BCUT2D eigenvalue weighted by Gasteiger charge is -2.09. The molecule has 0 saturated heterocycles. The van der Waals surface area contributed by atoms with Gasteiger partial charge in [0.15, 0.2) is 4.90 Å². The van der Waals surface area contributed by atoms with Crippen molar-refractivity contribution >= 4 is 38.9 Å². The van der Waals surface area contributed by atoms with E-state index in [1.807, 2.05) is 0 Å². The number of alkyl halides is 3. The molecule has 10 nitrogen and oxygen atoms in total. The Bertz CT molecular complexity index is 786. The smallest absolute Gasteiger partial charge is 0.481 e. The molecule has 1 aromatic rings. The van der Waals surface area contributed by atoms with Crippen LogP contribution in [0.4, 0.5) is 24.5 Å². The summed E-state index contributed by atoms with van der Waals surface area (Å²) < 4.78 is 60.2. The summed E-state index contributed by atoms with van der Waals surface area (Å²) in [5, 5.41) is 30.4. The molecular formula is C9H5F3N2O8S2. The second kappa shape index (κ2) is 6.60. The van der Waals surface area contributed by atoms with Crippen LogP contribution in [0.5, 0.6) is 0 Å². The van der Waals surface area contributed by atoms with Crippen LogP contribution in [0.25, 0.3) is 0 Å². The minimum Gasteiger partial charge on any atom is -0.481 e. The fourth-order valence-electron chi connectivity index (χ4n) is 1.42. The van der Waals surface area contributed by atoms with E-state index in [2.05, 4.69) is 0 Å². The minimum absolute atomic E-state index is 0.00000709. The van der Waals surface area contributed by atoms with Gasteiger partial charge >= 0.3 is 11.5 Å². The van der Waals surface area contributed by atoms with E-state index in [-0.39, 0.29) is 23.9 Å². The van der Waals surface area contributed by atoms with Crippen molar-refractivity contribution in [3.8, 4) is 0 Å². The van der Waals surface area contributed by atoms with Gasteiger partial charge in [0.1, 0.15) is 0 Å². The van der Waals surface area contributed by atoms with Gasteiger partial charge in [-0.05, 0) is 0 Å². The number of rotatable bonds is 6. The number of hydrogen-bond acceptors (Lipinski definition) is 8. The van der Waals surface area contributed by atoms with Gasteiger partial charge in [-0.25, -0.2) is 8.42 Å². The van der Waals surface area contributed by atoms with E-state index < -0.39 is 58.1 Å².